The molecule has 32 heavy (non-hydrogen) atoms. The highest BCUT2D eigenvalue weighted by molar-refractivity contribution is 7.98. The molecule has 0 aliphatic rings. The second-order valence-electron chi connectivity index (χ2n) is 6.53. The highest BCUT2D eigenvalue weighted by atomic mass is 32.2. The van der Waals surface area contributed by atoms with Crippen molar-refractivity contribution in [1.29, 1.82) is 5.26 Å². The number of thioether (sulfide) groups is 1. The molecule has 0 saturated carbocycles. The first kappa shape index (κ1) is 23.3. The fraction of sp³-hybridized carbons (Fsp3) is 0.217. The number of nitrogens with zero attached hydrogens (tertiary/aromatic N) is 3. The van der Waals surface area contributed by atoms with Gasteiger partial charge in [0, 0.05) is 4.90 Å². The van der Waals surface area contributed by atoms with Gasteiger partial charge < -0.3 is 9.47 Å². The number of carbonyl (C=O) groups is 1. The van der Waals surface area contributed by atoms with Crippen LogP contribution in [-0.4, -0.2) is 29.5 Å². The molecule has 3 rings (SSSR count). The van der Waals surface area contributed by atoms with Crippen LogP contribution in [-0.2, 0) is 17.8 Å². The van der Waals surface area contributed by atoms with Gasteiger partial charge in [-0.25, -0.2) is 0 Å². The zero-order chi connectivity index (χ0) is 22.9. The normalized spacial score (nSPS) is 11.0. The standard InChI is InChI=1S/C23H22N4O3S2/c1-4-21-26-27-23(32-21)25-22(28)17(13-24)11-16-7-10-19(20(12-16)29-2)30-14-15-5-8-18(31-3)9-6-15/h5-12H,4,14H2,1-3H3,(H,25,27,28)/b17-11+. The van der Waals surface area contributed by atoms with E-state index in [9.17, 15) is 10.1 Å². The Kier molecular flexibility index (Phi) is 8.25. The van der Waals surface area contributed by atoms with Gasteiger partial charge in [0.25, 0.3) is 5.91 Å². The summed E-state index contributed by atoms with van der Waals surface area (Å²) in [6.45, 7) is 2.35. The number of hydrogen-bond donors (Lipinski definition) is 1. The van der Waals surface area contributed by atoms with Crippen LogP contribution in [0.5, 0.6) is 11.5 Å². The van der Waals surface area contributed by atoms with Crippen molar-refractivity contribution in [3.8, 4) is 17.6 Å². The predicted molar refractivity (Wildman–Crippen MR) is 127 cm³/mol. The summed E-state index contributed by atoms with van der Waals surface area (Å²) in [4.78, 5) is 13.6. The van der Waals surface area contributed by atoms with Crippen molar-refractivity contribution in [2.45, 2.75) is 24.8 Å². The Morgan fingerprint density at radius 2 is 2.00 bits per heavy atom. The fourth-order valence-electron chi connectivity index (χ4n) is 2.70. The molecule has 1 amide bonds. The van der Waals surface area contributed by atoms with Gasteiger partial charge in [0.2, 0.25) is 5.13 Å². The molecule has 2 aromatic carbocycles. The Labute approximate surface area is 195 Å². The van der Waals surface area contributed by atoms with E-state index in [1.165, 1.54) is 22.3 Å². The van der Waals surface area contributed by atoms with Gasteiger partial charge in [0.15, 0.2) is 11.5 Å². The summed E-state index contributed by atoms with van der Waals surface area (Å²) < 4.78 is 11.3. The van der Waals surface area contributed by atoms with Gasteiger partial charge in [-0.2, -0.15) is 5.26 Å². The first-order valence-electron chi connectivity index (χ1n) is 9.75. The number of rotatable bonds is 9. The molecular weight excluding hydrogens is 444 g/mol. The minimum atomic E-state index is -0.542. The predicted octanol–water partition coefficient (Wildman–Crippen LogP) is 4.96. The van der Waals surface area contributed by atoms with Gasteiger partial charge in [-0.05, 0) is 54.1 Å². The van der Waals surface area contributed by atoms with Crippen LogP contribution < -0.4 is 14.8 Å². The van der Waals surface area contributed by atoms with E-state index in [-0.39, 0.29) is 5.57 Å². The van der Waals surface area contributed by atoms with E-state index in [0.717, 1.165) is 17.0 Å². The number of hydrogen-bond acceptors (Lipinski definition) is 8. The fourth-order valence-corrected chi connectivity index (χ4v) is 3.79. The molecular formula is C23H22N4O3S2. The second kappa shape index (κ2) is 11.3. The molecule has 1 N–H and O–H groups in total. The summed E-state index contributed by atoms with van der Waals surface area (Å²) in [6.07, 6.45) is 4.25. The first-order chi connectivity index (χ1) is 15.6. The molecule has 0 atom stereocenters. The van der Waals surface area contributed by atoms with Crippen LogP contribution >= 0.6 is 23.1 Å². The molecule has 0 bridgehead atoms. The maximum absolute atomic E-state index is 12.5. The SMILES string of the molecule is CCc1nnc(NC(=O)/C(C#N)=C/c2ccc(OCc3ccc(SC)cc3)c(OC)c2)s1. The lowest BCUT2D eigenvalue weighted by Gasteiger charge is -2.12. The Hall–Kier alpha value is -3.35. The number of aromatic nitrogens is 2. The molecule has 3 aromatic rings. The van der Waals surface area contributed by atoms with E-state index in [1.54, 1.807) is 37.1 Å². The number of carbonyl (C=O) groups excluding carboxylic acids is 1. The molecule has 0 aliphatic heterocycles. The van der Waals surface area contributed by atoms with Crippen molar-refractivity contribution in [2.24, 2.45) is 0 Å². The molecule has 7 nitrogen and oxygen atoms in total. The monoisotopic (exact) mass is 466 g/mol. The van der Waals surface area contributed by atoms with E-state index in [1.807, 2.05) is 43.5 Å². The molecule has 0 saturated heterocycles. The molecule has 0 aliphatic carbocycles. The van der Waals surface area contributed by atoms with Crippen molar-refractivity contribution in [3.63, 3.8) is 0 Å². The van der Waals surface area contributed by atoms with E-state index >= 15 is 0 Å². The number of methoxy groups -OCH3 is 1. The quantitative estimate of drug-likeness (QED) is 0.270. The number of nitriles is 1. The van der Waals surface area contributed by atoms with Crippen LogP contribution in [0.1, 0.15) is 23.1 Å². The van der Waals surface area contributed by atoms with Crippen LogP contribution in [0.3, 0.4) is 0 Å². The summed E-state index contributed by atoms with van der Waals surface area (Å²) >= 11 is 2.97. The third-order valence-electron chi connectivity index (χ3n) is 4.41. The average molecular weight is 467 g/mol. The van der Waals surface area contributed by atoms with Gasteiger partial charge >= 0.3 is 0 Å². The summed E-state index contributed by atoms with van der Waals surface area (Å²) in [5.41, 5.74) is 1.62. The lowest BCUT2D eigenvalue weighted by molar-refractivity contribution is -0.112. The maximum Gasteiger partial charge on any atom is 0.268 e. The van der Waals surface area contributed by atoms with E-state index in [4.69, 9.17) is 9.47 Å². The highest BCUT2D eigenvalue weighted by Gasteiger charge is 2.13. The summed E-state index contributed by atoms with van der Waals surface area (Å²) in [5.74, 6) is 0.538. The molecule has 0 fully saturated rings. The van der Waals surface area contributed by atoms with Crippen LogP contribution in [0.4, 0.5) is 5.13 Å². The molecule has 9 heteroatoms. The van der Waals surface area contributed by atoms with Gasteiger partial charge in [-0.3, -0.25) is 10.1 Å². The molecule has 0 unspecified atom stereocenters. The number of ether oxygens (including phenoxy) is 2. The third-order valence-corrected chi connectivity index (χ3v) is 6.13. The minimum Gasteiger partial charge on any atom is -0.493 e. The summed E-state index contributed by atoms with van der Waals surface area (Å²) in [6, 6.07) is 15.3. The zero-order valence-electron chi connectivity index (χ0n) is 17.9. The highest BCUT2D eigenvalue weighted by Crippen LogP contribution is 2.30. The summed E-state index contributed by atoms with van der Waals surface area (Å²) in [5, 5.41) is 21.1. The lowest BCUT2D eigenvalue weighted by Crippen LogP contribution is -2.13. The Bertz CT molecular complexity index is 1150. The lowest BCUT2D eigenvalue weighted by atomic mass is 10.1. The molecule has 0 spiro atoms. The third kappa shape index (κ3) is 6.09. The van der Waals surface area contributed by atoms with Gasteiger partial charge in [-0.15, -0.1) is 22.0 Å². The molecule has 164 valence electrons. The van der Waals surface area contributed by atoms with Crippen LogP contribution in [0, 0.1) is 11.3 Å². The number of aryl methyl sites for hydroxylation is 1. The maximum atomic E-state index is 12.5. The Morgan fingerprint density at radius 3 is 2.62 bits per heavy atom. The molecule has 1 aromatic heterocycles. The number of benzene rings is 2. The minimum absolute atomic E-state index is 0.0529. The second-order valence-corrected chi connectivity index (χ2v) is 8.47. The van der Waals surface area contributed by atoms with Crippen LogP contribution in [0.25, 0.3) is 6.08 Å². The molecule has 0 radical (unpaired) electrons. The number of nitrogens with one attached hydrogen (secondary N) is 1. The van der Waals surface area contributed by atoms with E-state index in [2.05, 4.69) is 15.5 Å². The van der Waals surface area contributed by atoms with Crippen molar-refractivity contribution in [2.75, 3.05) is 18.7 Å². The van der Waals surface area contributed by atoms with E-state index < -0.39 is 5.91 Å². The summed E-state index contributed by atoms with van der Waals surface area (Å²) in [7, 11) is 1.54. The first-order valence-corrected chi connectivity index (χ1v) is 11.8. The van der Waals surface area contributed by atoms with Gasteiger partial charge in [-0.1, -0.05) is 36.5 Å². The largest absolute Gasteiger partial charge is 0.493 e. The zero-order valence-corrected chi connectivity index (χ0v) is 19.5. The van der Waals surface area contributed by atoms with Crippen molar-refractivity contribution < 1.29 is 14.3 Å². The van der Waals surface area contributed by atoms with Crippen LogP contribution in [0.2, 0.25) is 0 Å². The van der Waals surface area contributed by atoms with Gasteiger partial charge in [0.1, 0.15) is 23.3 Å². The van der Waals surface area contributed by atoms with Gasteiger partial charge in [0.05, 0.1) is 7.11 Å². The Morgan fingerprint density at radius 1 is 1.22 bits per heavy atom. The smallest absolute Gasteiger partial charge is 0.268 e. The van der Waals surface area contributed by atoms with Crippen LogP contribution in [0.15, 0.2) is 52.9 Å². The van der Waals surface area contributed by atoms with Crippen molar-refractivity contribution in [3.05, 3.63) is 64.2 Å². The molecule has 1 heterocycles. The topological polar surface area (TPSA) is 97.1 Å². The Balaban J connectivity index is 1.71. The van der Waals surface area contributed by atoms with Crippen molar-refractivity contribution in [1.82, 2.24) is 10.2 Å². The average Bonchev–Trinajstić information content (AvgIpc) is 3.29. The number of anilines is 1. The van der Waals surface area contributed by atoms with E-state index in [0.29, 0.717) is 28.8 Å². The van der Waals surface area contributed by atoms with Crippen molar-refractivity contribution >= 4 is 40.2 Å². The number of amides is 1.